The first kappa shape index (κ1) is 13.9. The standard InChI is InChI=1S/C12H25NO3/c1-3-15-12(16-4-2)9-13-10-7-5-6-8-11(10)14/h10-14H,3-9H2,1-2H3/t10-,11-/m0/s1. The highest BCUT2D eigenvalue weighted by atomic mass is 16.7. The van der Waals surface area contributed by atoms with Crippen molar-refractivity contribution in [3.05, 3.63) is 0 Å². The van der Waals surface area contributed by atoms with Crippen LogP contribution in [0.3, 0.4) is 0 Å². The van der Waals surface area contributed by atoms with E-state index >= 15 is 0 Å². The van der Waals surface area contributed by atoms with Gasteiger partial charge in [-0.3, -0.25) is 0 Å². The van der Waals surface area contributed by atoms with Crippen LogP contribution in [0.4, 0.5) is 0 Å². The van der Waals surface area contributed by atoms with Crippen LogP contribution in [0, 0.1) is 0 Å². The topological polar surface area (TPSA) is 50.7 Å². The fourth-order valence-electron chi connectivity index (χ4n) is 2.13. The summed E-state index contributed by atoms with van der Waals surface area (Å²) in [5.41, 5.74) is 0. The molecule has 1 saturated carbocycles. The smallest absolute Gasteiger partial charge is 0.169 e. The Kier molecular flexibility index (Phi) is 6.96. The van der Waals surface area contributed by atoms with Crippen LogP contribution in [-0.4, -0.2) is 43.3 Å². The van der Waals surface area contributed by atoms with Crippen LogP contribution in [0.1, 0.15) is 39.5 Å². The van der Waals surface area contributed by atoms with E-state index in [-0.39, 0.29) is 18.4 Å². The maximum atomic E-state index is 9.80. The molecule has 1 rings (SSSR count). The largest absolute Gasteiger partial charge is 0.392 e. The third-order valence-corrected chi connectivity index (χ3v) is 2.98. The first-order valence-electron chi connectivity index (χ1n) is 6.42. The fraction of sp³-hybridized carbons (Fsp3) is 1.00. The molecule has 0 bridgehead atoms. The Morgan fingerprint density at radius 1 is 1.19 bits per heavy atom. The van der Waals surface area contributed by atoms with Crippen molar-refractivity contribution in [3.8, 4) is 0 Å². The summed E-state index contributed by atoms with van der Waals surface area (Å²) in [6.45, 7) is 5.88. The highest BCUT2D eigenvalue weighted by Gasteiger charge is 2.23. The quantitative estimate of drug-likeness (QED) is 0.648. The molecule has 0 radical (unpaired) electrons. The van der Waals surface area contributed by atoms with E-state index in [1.54, 1.807) is 0 Å². The molecule has 0 amide bonds. The van der Waals surface area contributed by atoms with Crippen LogP contribution in [0.15, 0.2) is 0 Å². The van der Waals surface area contributed by atoms with Gasteiger partial charge in [0.2, 0.25) is 0 Å². The summed E-state index contributed by atoms with van der Waals surface area (Å²) in [4.78, 5) is 0. The van der Waals surface area contributed by atoms with Gasteiger partial charge in [0.1, 0.15) is 0 Å². The van der Waals surface area contributed by atoms with Crippen molar-refractivity contribution in [1.29, 1.82) is 0 Å². The van der Waals surface area contributed by atoms with Crippen molar-refractivity contribution in [2.75, 3.05) is 19.8 Å². The molecule has 4 nitrogen and oxygen atoms in total. The van der Waals surface area contributed by atoms with Crippen molar-refractivity contribution in [3.63, 3.8) is 0 Å². The molecule has 0 aromatic carbocycles. The summed E-state index contributed by atoms with van der Waals surface area (Å²) in [6.07, 6.45) is 3.89. The van der Waals surface area contributed by atoms with Gasteiger partial charge in [0, 0.05) is 25.8 Å². The molecule has 1 aliphatic carbocycles. The maximum absolute atomic E-state index is 9.80. The first-order valence-corrected chi connectivity index (χ1v) is 6.42. The average molecular weight is 231 g/mol. The molecule has 96 valence electrons. The van der Waals surface area contributed by atoms with Gasteiger partial charge in [0.15, 0.2) is 6.29 Å². The van der Waals surface area contributed by atoms with Crippen LogP contribution in [-0.2, 0) is 9.47 Å². The van der Waals surface area contributed by atoms with Crippen LogP contribution >= 0.6 is 0 Å². The molecule has 1 fully saturated rings. The minimum absolute atomic E-state index is 0.191. The third kappa shape index (κ3) is 4.78. The van der Waals surface area contributed by atoms with Crippen LogP contribution in [0.2, 0.25) is 0 Å². The number of hydrogen-bond donors (Lipinski definition) is 2. The highest BCUT2D eigenvalue weighted by Crippen LogP contribution is 2.18. The average Bonchev–Trinajstić information content (AvgIpc) is 2.28. The normalized spacial score (nSPS) is 26.2. The summed E-state index contributed by atoms with van der Waals surface area (Å²) in [6, 6.07) is 0.206. The lowest BCUT2D eigenvalue weighted by Gasteiger charge is -2.30. The number of aliphatic hydroxyl groups excluding tert-OH is 1. The molecule has 0 aliphatic heterocycles. The summed E-state index contributed by atoms with van der Waals surface area (Å²) in [5, 5.41) is 13.1. The summed E-state index contributed by atoms with van der Waals surface area (Å²) < 4.78 is 10.9. The SMILES string of the molecule is CCOC(CN[C@H]1CCCC[C@@H]1O)OCC. The first-order chi connectivity index (χ1) is 7.77. The molecule has 0 spiro atoms. The van der Waals surface area contributed by atoms with Crippen LogP contribution in [0.25, 0.3) is 0 Å². The van der Waals surface area contributed by atoms with Crippen molar-refractivity contribution in [1.82, 2.24) is 5.32 Å². The lowest BCUT2D eigenvalue weighted by Crippen LogP contribution is -2.46. The van der Waals surface area contributed by atoms with E-state index in [1.165, 1.54) is 6.42 Å². The Morgan fingerprint density at radius 2 is 1.81 bits per heavy atom. The predicted octanol–water partition coefficient (Wildman–Crippen LogP) is 1.28. The van der Waals surface area contributed by atoms with Crippen LogP contribution in [0.5, 0.6) is 0 Å². The van der Waals surface area contributed by atoms with Crippen molar-refractivity contribution in [2.24, 2.45) is 0 Å². The maximum Gasteiger partial charge on any atom is 0.169 e. The predicted molar refractivity (Wildman–Crippen MR) is 63.3 cm³/mol. The number of aliphatic hydroxyl groups is 1. The Hall–Kier alpha value is -0.160. The zero-order chi connectivity index (χ0) is 11.8. The lowest BCUT2D eigenvalue weighted by molar-refractivity contribution is -0.135. The summed E-state index contributed by atoms with van der Waals surface area (Å²) in [7, 11) is 0. The van der Waals surface area contributed by atoms with Crippen molar-refractivity contribution in [2.45, 2.75) is 58.0 Å². The molecule has 0 aromatic rings. The van der Waals surface area contributed by atoms with E-state index in [0.29, 0.717) is 19.8 Å². The van der Waals surface area contributed by atoms with Gasteiger partial charge < -0.3 is 19.9 Å². The second-order valence-electron chi connectivity index (χ2n) is 4.21. The van der Waals surface area contributed by atoms with E-state index in [4.69, 9.17) is 9.47 Å². The minimum Gasteiger partial charge on any atom is -0.392 e. The monoisotopic (exact) mass is 231 g/mol. The van der Waals surface area contributed by atoms with Gasteiger partial charge in [0.25, 0.3) is 0 Å². The van der Waals surface area contributed by atoms with E-state index in [2.05, 4.69) is 5.32 Å². The van der Waals surface area contributed by atoms with E-state index in [0.717, 1.165) is 19.3 Å². The second-order valence-corrected chi connectivity index (χ2v) is 4.21. The summed E-state index contributed by atoms with van der Waals surface area (Å²) in [5.74, 6) is 0. The van der Waals surface area contributed by atoms with Gasteiger partial charge >= 0.3 is 0 Å². The molecule has 0 unspecified atom stereocenters. The molecular weight excluding hydrogens is 206 g/mol. The van der Waals surface area contributed by atoms with Crippen LogP contribution < -0.4 is 5.32 Å². The molecule has 0 heterocycles. The Bertz CT molecular complexity index is 172. The highest BCUT2D eigenvalue weighted by molar-refractivity contribution is 4.80. The Balaban J connectivity index is 2.23. The van der Waals surface area contributed by atoms with Crippen molar-refractivity contribution < 1.29 is 14.6 Å². The van der Waals surface area contributed by atoms with Gasteiger partial charge in [-0.05, 0) is 26.7 Å². The molecular formula is C12H25NO3. The Labute approximate surface area is 98.3 Å². The number of rotatable bonds is 7. The molecule has 0 aromatic heterocycles. The van der Waals surface area contributed by atoms with Gasteiger partial charge in [-0.25, -0.2) is 0 Å². The van der Waals surface area contributed by atoms with Gasteiger partial charge in [-0.15, -0.1) is 0 Å². The Morgan fingerprint density at radius 3 is 2.38 bits per heavy atom. The lowest BCUT2D eigenvalue weighted by atomic mass is 9.93. The molecule has 4 heteroatoms. The molecule has 1 aliphatic rings. The molecule has 2 atom stereocenters. The van der Waals surface area contributed by atoms with Gasteiger partial charge in [0.05, 0.1) is 6.10 Å². The van der Waals surface area contributed by atoms with E-state index in [1.807, 2.05) is 13.8 Å². The van der Waals surface area contributed by atoms with E-state index in [9.17, 15) is 5.11 Å². The number of nitrogens with one attached hydrogen (secondary N) is 1. The number of hydrogen-bond acceptors (Lipinski definition) is 4. The zero-order valence-corrected chi connectivity index (χ0v) is 10.4. The summed E-state index contributed by atoms with van der Waals surface area (Å²) >= 11 is 0. The second kappa shape index (κ2) is 8.01. The van der Waals surface area contributed by atoms with Gasteiger partial charge in [-0.1, -0.05) is 12.8 Å². The zero-order valence-electron chi connectivity index (χ0n) is 10.4. The minimum atomic E-state index is -0.211. The number of ether oxygens (including phenoxy) is 2. The van der Waals surface area contributed by atoms with Gasteiger partial charge in [-0.2, -0.15) is 0 Å². The molecule has 16 heavy (non-hydrogen) atoms. The fourth-order valence-corrected chi connectivity index (χ4v) is 2.13. The third-order valence-electron chi connectivity index (χ3n) is 2.98. The molecule has 2 N–H and O–H groups in total. The van der Waals surface area contributed by atoms with Crippen molar-refractivity contribution >= 4 is 0 Å². The molecule has 0 saturated heterocycles. The van der Waals surface area contributed by atoms with E-state index < -0.39 is 0 Å².